The lowest BCUT2D eigenvalue weighted by Gasteiger charge is -2.37. The summed E-state index contributed by atoms with van der Waals surface area (Å²) in [5.74, 6) is 0. The van der Waals surface area contributed by atoms with Gasteiger partial charge in [-0.25, -0.2) is 4.18 Å². The Morgan fingerprint density at radius 3 is 1.58 bits per heavy atom. The molecule has 8 nitrogen and oxygen atoms in total. The Balaban J connectivity index is -0.000000869. The summed E-state index contributed by atoms with van der Waals surface area (Å²) in [6.45, 7) is 8.99. The van der Waals surface area contributed by atoms with Gasteiger partial charge in [-0.15, -0.1) is 0 Å². The van der Waals surface area contributed by atoms with Gasteiger partial charge in [-0.3, -0.25) is 4.55 Å². The summed E-state index contributed by atoms with van der Waals surface area (Å²) < 4.78 is 36.7. The summed E-state index contributed by atoms with van der Waals surface area (Å²) in [5, 5.41) is 3.50. The van der Waals surface area contributed by atoms with Crippen molar-refractivity contribution in [3.8, 4) is 0 Å². The molecular formula is C24H57N3O5S. The van der Waals surface area contributed by atoms with Crippen LogP contribution in [0.4, 0.5) is 0 Å². The Morgan fingerprint density at radius 2 is 1.27 bits per heavy atom. The van der Waals surface area contributed by atoms with Crippen LogP contribution in [0, 0.1) is 0 Å². The van der Waals surface area contributed by atoms with E-state index in [9.17, 15) is 8.42 Å². The van der Waals surface area contributed by atoms with Crippen LogP contribution in [0.25, 0.3) is 0 Å². The van der Waals surface area contributed by atoms with E-state index in [1.54, 1.807) is 0 Å². The monoisotopic (exact) mass is 499 g/mol. The molecule has 0 aromatic rings. The molecule has 0 spiro atoms. The van der Waals surface area contributed by atoms with E-state index in [-0.39, 0.29) is 24.5 Å². The fourth-order valence-electron chi connectivity index (χ4n) is 4.06. The molecule has 1 saturated heterocycles. The maximum Gasteiger partial charge on any atom is 0.397 e. The minimum absolute atomic E-state index is 0. The first-order valence-corrected chi connectivity index (χ1v) is 14.2. The van der Waals surface area contributed by atoms with Crippen LogP contribution in [-0.4, -0.2) is 44.9 Å². The molecule has 0 aliphatic carbocycles. The Hall–Kier alpha value is -0.290. The Labute approximate surface area is 205 Å². The molecule has 0 saturated carbocycles. The molecule has 0 radical (unpaired) electrons. The number of rotatable bonds is 18. The minimum atomic E-state index is -4.17. The molecule has 1 unspecified atom stereocenters. The number of hydrogen-bond donors (Lipinski definition) is 4. The van der Waals surface area contributed by atoms with Crippen LogP contribution >= 0.6 is 0 Å². The third-order valence-corrected chi connectivity index (χ3v) is 6.56. The van der Waals surface area contributed by atoms with Crippen LogP contribution in [0.15, 0.2) is 0 Å². The number of nitrogens with one attached hydrogen (secondary N) is 1. The van der Waals surface area contributed by atoms with Gasteiger partial charge in [0.1, 0.15) is 0 Å². The maximum atomic E-state index is 9.56. The van der Waals surface area contributed by atoms with Gasteiger partial charge in [-0.1, -0.05) is 104 Å². The molecular weight excluding hydrogens is 442 g/mol. The van der Waals surface area contributed by atoms with Crippen LogP contribution < -0.4 is 17.6 Å². The molecule has 1 rings (SSSR count). The van der Waals surface area contributed by atoms with Crippen molar-refractivity contribution in [3.05, 3.63) is 0 Å². The van der Waals surface area contributed by atoms with Crippen LogP contribution in [0.5, 0.6) is 0 Å². The second-order valence-corrected chi connectivity index (χ2v) is 9.83. The van der Waals surface area contributed by atoms with Crippen molar-refractivity contribution >= 4 is 10.4 Å². The lowest BCUT2D eigenvalue weighted by Crippen LogP contribution is -2.49. The topological polar surface area (TPSA) is 155 Å². The molecule has 1 atom stereocenters. The lowest BCUT2D eigenvalue weighted by atomic mass is 9.91. The van der Waals surface area contributed by atoms with Gasteiger partial charge in [0, 0.05) is 13.1 Å². The van der Waals surface area contributed by atoms with Crippen LogP contribution in [0.3, 0.4) is 0 Å². The Bertz CT molecular complexity index is 486. The highest BCUT2D eigenvalue weighted by Crippen LogP contribution is 2.25. The third-order valence-electron chi connectivity index (χ3n) is 6.03. The largest absolute Gasteiger partial charge is 0.397 e. The van der Waals surface area contributed by atoms with Gasteiger partial charge in [0.2, 0.25) is 0 Å². The summed E-state index contributed by atoms with van der Waals surface area (Å²) >= 11 is 0. The Kier molecular flexibility index (Phi) is 28.0. The van der Waals surface area contributed by atoms with Crippen molar-refractivity contribution in [1.29, 1.82) is 0 Å². The summed E-state index contributed by atoms with van der Waals surface area (Å²) in [4.78, 5) is 0. The molecule has 1 aliphatic rings. The van der Waals surface area contributed by atoms with Crippen molar-refractivity contribution in [2.75, 3.05) is 26.3 Å². The quantitative estimate of drug-likeness (QED) is 0.119. The predicted molar refractivity (Wildman–Crippen MR) is 140 cm³/mol. The first kappa shape index (κ1) is 37.3. The normalized spacial score (nSPS) is 17.9. The average molecular weight is 500 g/mol. The maximum absolute atomic E-state index is 9.56. The van der Waals surface area contributed by atoms with E-state index in [1.807, 2.05) is 0 Å². The molecule has 0 aromatic carbocycles. The zero-order chi connectivity index (χ0) is 23.3. The molecule has 1 heterocycles. The molecule has 9 heteroatoms. The lowest BCUT2D eigenvalue weighted by molar-refractivity contribution is -0.0748. The van der Waals surface area contributed by atoms with Gasteiger partial charge in [-0.05, 0) is 19.8 Å². The van der Waals surface area contributed by atoms with E-state index < -0.39 is 10.4 Å². The van der Waals surface area contributed by atoms with E-state index >= 15 is 0 Å². The molecule has 0 aromatic heterocycles. The number of unbranched alkanes of at least 4 members (excludes halogenated alkanes) is 13. The number of hydrogen-bond acceptors (Lipinski definition) is 7. The van der Waals surface area contributed by atoms with Gasteiger partial charge in [0.05, 0.1) is 18.8 Å². The van der Waals surface area contributed by atoms with Crippen molar-refractivity contribution in [2.24, 2.45) is 0 Å². The molecule has 33 heavy (non-hydrogen) atoms. The second kappa shape index (κ2) is 24.8. The van der Waals surface area contributed by atoms with Crippen molar-refractivity contribution in [1.82, 2.24) is 17.6 Å². The Morgan fingerprint density at radius 1 is 0.818 bits per heavy atom. The van der Waals surface area contributed by atoms with Gasteiger partial charge in [0.15, 0.2) is 0 Å². The van der Waals surface area contributed by atoms with Gasteiger partial charge < -0.3 is 22.4 Å². The standard InChI is InChI=1S/C22H45NO.C2H6O4S.2H3N/c1-3-5-6-7-8-9-10-11-12-13-14-15-16-17-18-22(4-2)21-23-19-20-24-22;1-2-6-7(3,4)5;;/h23H,3-21H2,1-2H3;2H2,1H3,(H,3,4,5);2*1H3. The van der Waals surface area contributed by atoms with Crippen molar-refractivity contribution < 1.29 is 21.9 Å². The van der Waals surface area contributed by atoms with E-state index in [1.165, 1.54) is 103 Å². The van der Waals surface area contributed by atoms with Crippen LogP contribution in [-0.2, 0) is 19.3 Å². The smallest absolute Gasteiger partial charge is 0.372 e. The van der Waals surface area contributed by atoms with Crippen LogP contribution in [0.2, 0.25) is 0 Å². The van der Waals surface area contributed by atoms with Crippen molar-refractivity contribution in [3.63, 3.8) is 0 Å². The molecule has 204 valence electrons. The summed E-state index contributed by atoms with van der Waals surface area (Å²) in [7, 11) is -4.17. The highest BCUT2D eigenvalue weighted by atomic mass is 32.3. The second-order valence-electron chi connectivity index (χ2n) is 8.74. The first-order chi connectivity index (χ1) is 14.9. The number of ether oxygens (including phenoxy) is 1. The van der Waals surface area contributed by atoms with Gasteiger partial charge >= 0.3 is 10.4 Å². The summed E-state index contributed by atoms with van der Waals surface area (Å²) in [5.41, 5.74) is 0.148. The molecule has 0 amide bonds. The molecule has 1 aliphatic heterocycles. The highest BCUT2D eigenvalue weighted by Gasteiger charge is 2.30. The molecule has 1 fully saturated rings. The van der Waals surface area contributed by atoms with Crippen molar-refractivity contribution in [2.45, 2.75) is 129 Å². The van der Waals surface area contributed by atoms with E-state index in [0.717, 1.165) is 26.1 Å². The predicted octanol–water partition coefficient (Wildman–Crippen LogP) is 6.78. The first-order valence-electron chi connectivity index (χ1n) is 12.9. The number of morpholine rings is 1. The minimum Gasteiger partial charge on any atom is -0.372 e. The van der Waals surface area contributed by atoms with Gasteiger partial charge in [-0.2, -0.15) is 8.42 Å². The summed E-state index contributed by atoms with van der Waals surface area (Å²) in [6.07, 6.45) is 22.5. The van der Waals surface area contributed by atoms with E-state index in [2.05, 4.69) is 23.3 Å². The zero-order valence-corrected chi connectivity index (χ0v) is 22.9. The van der Waals surface area contributed by atoms with Gasteiger partial charge in [0.25, 0.3) is 0 Å². The summed E-state index contributed by atoms with van der Waals surface area (Å²) in [6, 6.07) is 0. The van der Waals surface area contributed by atoms with Crippen LogP contribution in [0.1, 0.15) is 124 Å². The molecule has 0 bridgehead atoms. The molecule has 8 N–H and O–H groups in total. The zero-order valence-electron chi connectivity index (χ0n) is 22.0. The average Bonchev–Trinajstić information content (AvgIpc) is 2.74. The SMILES string of the molecule is CCCCCCCCCCCCCCCCC1(CC)CNCCO1.CCOS(=O)(=O)O.N.N. The van der Waals surface area contributed by atoms with E-state index in [0.29, 0.717) is 0 Å². The fraction of sp³-hybridized carbons (Fsp3) is 1.00. The van der Waals surface area contributed by atoms with E-state index in [4.69, 9.17) is 9.29 Å². The highest BCUT2D eigenvalue weighted by molar-refractivity contribution is 7.80. The fourth-order valence-corrected chi connectivity index (χ4v) is 4.36. The third kappa shape index (κ3) is 24.6.